The first-order chi connectivity index (χ1) is 7.58. The second-order valence-corrected chi connectivity index (χ2v) is 4.98. The molecule has 1 aromatic carbocycles. The van der Waals surface area contributed by atoms with Crippen molar-refractivity contribution >= 4 is 10.1 Å². The molecular weight excluding hydrogens is 224 g/mol. The van der Waals surface area contributed by atoms with Gasteiger partial charge in [-0.3, -0.25) is 4.55 Å². The minimum Gasteiger partial charge on any atom is -0.286 e. The molecule has 0 aliphatic rings. The average molecular weight is 238 g/mol. The van der Waals surface area contributed by atoms with E-state index in [1.807, 2.05) is 30.3 Å². The van der Waals surface area contributed by atoms with Gasteiger partial charge in [0.05, 0.1) is 5.75 Å². The summed E-state index contributed by atoms with van der Waals surface area (Å²) in [4.78, 5) is 0. The van der Waals surface area contributed by atoms with Gasteiger partial charge in [-0.1, -0.05) is 30.0 Å². The van der Waals surface area contributed by atoms with Gasteiger partial charge in [-0.25, -0.2) is 0 Å². The van der Waals surface area contributed by atoms with Gasteiger partial charge in [0, 0.05) is 12.0 Å². The third kappa shape index (κ3) is 6.23. The maximum absolute atomic E-state index is 10.4. The third-order valence-electron chi connectivity index (χ3n) is 1.96. The van der Waals surface area contributed by atoms with E-state index < -0.39 is 10.1 Å². The van der Waals surface area contributed by atoms with Gasteiger partial charge >= 0.3 is 0 Å². The zero-order chi connectivity index (χ0) is 11.9. The Kier molecular flexibility index (Phi) is 5.03. The molecule has 16 heavy (non-hydrogen) atoms. The second kappa shape index (κ2) is 6.31. The molecule has 3 nitrogen and oxygen atoms in total. The Bertz CT molecular complexity index is 466. The fraction of sp³-hybridized carbons (Fsp3) is 0.333. The van der Waals surface area contributed by atoms with E-state index in [9.17, 15) is 8.42 Å². The molecule has 0 aliphatic heterocycles. The minimum absolute atomic E-state index is 0.181. The fourth-order valence-corrected chi connectivity index (χ4v) is 1.75. The molecule has 0 saturated heterocycles. The summed E-state index contributed by atoms with van der Waals surface area (Å²) in [6, 6.07) is 9.61. The van der Waals surface area contributed by atoms with Crippen LogP contribution in [0.15, 0.2) is 30.3 Å². The lowest BCUT2D eigenvalue weighted by molar-refractivity contribution is 0.480. The Hall–Kier alpha value is -1.31. The molecule has 0 radical (unpaired) electrons. The van der Waals surface area contributed by atoms with Crippen molar-refractivity contribution in [3.63, 3.8) is 0 Å². The molecule has 0 saturated carbocycles. The molecule has 0 bridgehead atoms. The summed E-state index contributed by atoms with van der Waals surface area (Å²) < 4.78 is 29.3. The summed E-state index contributed by atoms with van der Waals surface area (Å²) >= 11 is 0. The summed E-state index contributed by atoms with van der Waals surface area (Å²) in [5, 5.41) is 0. The Morgan fingerprint density at radius 1 is 1.12 bits per heavy atom. The molecular formula is C12H14O3S. The molecule has 0 unspecified atom stereocenters. The quantitative estimate of drug-likeness (QED) is 0.496. The summed E-state index contributed by atoms with van der Waals surface area (Å²) in [5.41, 5.74) is 0.956. The van der Waals surface area contributed by atoms with Crippen LogP contribution in [0, 0.1) is 11.8 Å². The average Bonchev–Trinajstić information content (AvgIpc) is 2.23. The Balaban J connectivity index is 2.24. The van der Waals surface area contributed by atoms with Gasteiger partial charge in [0.1, 0.15) is 0 Å². The third-order valence-corrected chi connectivity index (χ3v) is 2.77. The molecule has 1 aromatic rings. The van der Waals surface area contributed by atoms with Crippen molar-refractivity contribution in [2.24, 2.45) is 0 Å². The zero-order valence-electron chi connectivity index (χ0n) is 8.89. The van der Waals surface area contributed by atoms with Crippen LogP contribution in [0.5, 0.6) is 0 Å². The van der Waals surface area contributed by atoms with Gasteiger partial charge in [0.2, 0.25) is 0 Å². The van der Waals surface area contributed by atoms with Crippen LogP contribution < -0.4 is 0 Å². The Morgan fingerprint density at radius 3 is 2.44 bits per heavy atom. The van der Waals surface area contributed by atoms with Crippen LogP contribution in [0.1, 0.15) is 24.8 Å². The van der Waals surface area contributed by atoms with Crippen LogP contribution in [-0.4, -0.2) is 18.7 Å². The normalized spacial score (nSPS) is 10.6. The lowest BCUT2D eigenvalue weighted by atomic mass is 10.2. The van der Waals surface area contributed by atoms with Gasteiger partial charge in [-0.05, 0) is 25.0 Å². The van der Waals surface area contributed by atoms with E-state index in [1.165, 1.54) is 0 Å². The molecule has 0 fully saturated rings. The largest absolute Gasteiger partial charge is 0.286 e. The summed E-state index contributed by atoms with van der Waals surface area (Å²) in [7, 11) is -3.81. The minimum atomic E-state index is -3.81. The monoisotopic (exact) mass is 238 g/mol. The molecule has 0 aliphatic carbocycles. The van der Waals surface area contributed by atoms with Gasteiger partial charge < -0.3 is 0 Å². The van der Waals surface area contributed by atoms with Crippen LogP contribution in [0.2, 0.25) is 0 Å². The van der Waals surface area contributed by atoms with Crippen molar-refractivity contribution in [2.45, 2.75) is 19.3 Å². The number of hydrogen-bond donors (Lipinski definition) is 1. The van der Waals surface area contributed by atoms with Crippen LogP contribution >= 0.6 is 0 Å². The van der Waals surface area contributed by atoms with Crippen LogP contribution in [0.4, 0.5) is 0 Å². The van der Waals surface area contributed by atoms with E-state index in [4.69, 9.17) is 4.55 Å². The van der Waals surface area contributed by atoms with E-state index in [1.54, 1.807) is 0 Å². The maximum Gasteiger partial charge on any atom is 0.264 e. The van der Waals surface area contributed by atoms with Crippen molar-refractivity contribution in [1.29, 1.82) is 0 Å². The number of rotatable bonds is 4. The molecule has 0 amide bonds. The van der Waals surface area contributed by atoms with Crippen molar-refractivity contribution in [3.05, 3.63) is 35.9 Å². The molecule has 0 spiro atoms. The lowest BCUT2D eigenvalue weighted by Gasteiger charge is -1.93. The fourth-order valence-electron chi connectivity index (χ4n) is 1.18. The van der Waals surface area contributed by atoms with Gasteiger partial charge in [-0.15, -0.1) is 0 Å². The Morgan fingerprint density at radius 2 is 1.81 bits per heavy atom. The number of hydrogen-bond acceptors (Lipinski definition) is 2. The van der Waals surface area contributed by atoms with Crippen molar-refractivity contribution in [2.75, 3.05) is 5.75 Å². The number of unbranched alkanes of at least 4 members (excludes halogenated alkanes) is 2. The van der Waals surface area contributed by atoms with E-state index in [-0.39, 0.29) is 5.75 Å². The standard InChI is InChI=1S/C12H14O3S/c13-16(14,15)11-7-2-1-4-8-12-9-5-3-6-10-12/h3,5-6,9-10H,1-2,7,11H2,(H,13,14,15). The second-order valence-electron chi connectivity index (χ2n) is 3.41. The predicted octanol–water partition coefficient (Wildman–Crippen LogP) is 2.10. The van der Waals surface area contributed by atoms with Gasteiger partial charge in [-0.2, -0.15) is 8.42 Å². The van der Waals surface area contributed by atoms with E-state index in [2.05, 4.69) is 11.8 Å². The molecule has 86 valence electrons. The summed E-state index contributed by atoms with van der Waals surface area (Å²) in [6.45, 7) is 0. The van der Waals surface area contributed by atoms with Crippen LogP contribution in [0.25, 0.3) is 0 Å². The summed E-state index contributed by atoms with van der Waals surface area (Å²) in [5.74, 6) is 5.76. The van der Waals surface area contributed by atoms with Crippen molar-refractivity contribution in [3.8, 4) is 11.8 Å². The van der Waals surface area contributed by atoms with Gasteiger partial charge in [0.25, 0.3) is 10.1 Å². The molecule has 4 heteroatoms. The summed E-state index contributed by atoms with van der Waals surface area (Å²) in [6.07, 6.45) is 1.77. The zero-order valence-corrected chi connectivity index (χ0v) is 9.70. The highest BCUT2D eigenvalue weighted by molar-refractivity contribution is 7.85. The first kappa shape index (κ1) is 12.8. The molecule has 0 aromatic heterocycles. The molecule has 0 atom stereocenters. The van der Waals surface area contributed by atoms with E-state index in [0.29, 0.717) is 19.3 Å². The van der Waals surface area contributed by atoms with E-state index in [0.717, 1.165) is 5.56 Å². The smallest absolute Gasteiger partial charge is 0.264 e. The highest BCUT2D eigenvalue weighted by atomic mass is 32.2. The first-order valence-electron chi connectivity index (χ1n) is 5.07. The highest BCUT2D eigenvalue weighted by Gasteiger charge is 2.01. The van der Waals surface area contributed by atoms with Crippen molar-refractivity contribution < 1.29 is 13.0 Å². The number of benzene rings is 1. The Labute approximate surface area is 96.2 Å². The van der Waals surface area contributed by atoms with Crippen molar-refractivity contribution in [1.82, 2.24) is 0 Å². The molecule has 1 rings (SSSR count). The maximum atomic E-state index is 10.4. The van der Waals surface area contributed by atoms with Gasteiger partial charge in [0.15, 0.2) is 0 Å². The predicted molar refractivity (Wildman–Crippen MR) is 63.6 cm³/mol. The molecule has 0 heterocycles. The highest BCUT2D eigenvalue weighted by Crippen LogP contribution is 1.99. The molecule has 1 N–H and O–H groups in total. The van der Waals surface area contributed by atoms with Crippen LogP contribution in [0.3, 0.4) is 0 Å². The first-order valence-corrected chi connectivity index (χ1v) is 6.68. The SMILES string of the molecule is O=S(=O)(O)CCCCC#Cc1ccccc1. The van der Waals surface area contributed by atoms with E-state index >= 15 is 0 Å². The van der Waals surface area contributed by atoms with Crippen LogP contribution in [-0.2, 0) is 10.1 Å². The lowest BCUT2D eigenvalue weighted by Crippen LogP contribution is -2.02. The topological polar surface area (TPSA) is 54.4 Å².